The molecule has 0 saturated heterocycles. The Hall–Kier alpha value is -1.44. The SMILES string of the molecule is N#CCC(=O)Nc1cc(Cl)c(N)c(Cl)c1. The number of nitrogens with two attached hydrogens (primary N) is 1. The molecule has 0 saturated carbocycles. The Morgan fingerprint density at radius 1 is 1.47 bits per heavy atom. The van der Waals surface area contributed by atoms with E-state index >= 15 is 0 Å². The van der Waals surface area contributed by atoms with Crippen LogP contribution in [-0.4, -0.2) is 5.91 Å². The number of rotatable bonds is 2. The summed E-state index contributed by atoms with van der Waals surface area (Å²) in [6.45, 7) is 0. The predicted octanol–water partition coefficient (Wildman–Crippen LogP) is 2.43. The summed E-state index contributed by atoms with van der Waals surface area (Å²) >= 11 is 11.5. The Morgan fingerprint density at radius 3 is 2.47 bits per heavy atom. The minimum absolute atomic E-state index is 0.223. The number of anilines is 2. The minimum atomic E-state index is -0.422. The van der Waals surface area contributed by atoms with E-state index < -0.39 is 5.91 Å². The zero-order chi connectivity index (χ0) is 11.4. The summed E-state index contributed by atoms with van der Waals surface area (Å²) in [6.07, 6.45) is -0.223. The number of amides is 1. The van der Waals surface area contributed by atoms with Crippen molar-refractivity contribution in [3.8, 4) is 6.07 Å². The van der Waals surface area contributed by atoms with Gasteiger partial charge < -0.3 is 11.1 Å². The molecule has 0 unspecified atom stereocenters. The lowest BCUT2D eigenvalue weighted by Gasteiger charge is -2.06. The molecule has 4 nitrogen and oxygen atoms in total. The fraction of sp³-hybridized carbons (Fsp3) is 0.111. The number of hydrogen-bond acceptors (Lipinski definition) is 3. The quantitative estimate of drug-likeness (QED) is 0.784. The van der Waals surface area contributed by atoms with Crippen LogP contribution in [-0.2, 0) is 4.79 Å². The third-order valence-corrected chi connectivity index (χ3v) is 2.23. The molecule has 0 aliphatic heterocycles. The van der Waals surface area contributed by atoms with Gasteiger partial charge in [0, 0.05) is 5.69 Å². The van der Waals surface area contributed by atoms with Gasteiger partial charge in [-0.15, -0.1) is 0 Å². The summed E-state index contributed by atoms with van der Waals surface area (Å²) < 4.78 is 0. The molecule has 1 aromatic carbocycles. The molecule has 1 aromatic rings. The second-order valence-electron chi connectivity index (χ2n) is 2.74. The number of halogens is 2. The highest BCUT2D eigenvalue weighted by Gasteiger charge is 2.07. The van der Waals surface area contributed by atoms with E-state index in [0.29, 0.717) is 5.69 Å². The molecule has 0 spiro atoms. The molecular formula is C9H7Cl2N3O. The van der Waals surface area contributed by atoms with Crippen LogP contribution in [0.4, 0.5) is 11.4 Å². The first-order chi connectivity index (χ1) is 7.04. The molecule has 1 amide bonds. The van der Waals surface area contributed by atoms with Crippen LogP contribution in [0.5, 0.6) is 0 Å². The summed E-state index contributed by atoms with van der Waals surface area (Å²) in [5.41, 5.74) is 6.19. The van der Waals surface area contributed by atoms with E-state index in [1.165, 1.54) is 12.1 Å². The predicted molar refractivity (Wildman–Crippen MR) is 59.7 cm³/mol. The summed E-state index contributed by atoms with van der Waals surface area (Å²) in [7, 11) is 0. The van der Waals surface area contributed by atoms with Gasteiger partial charge in [0.2, 0.25) is 5.91 Å². The molecule has 0 atom stereocenters. The van der Waals surface area contributed by atoms with Crippen LogP contribution in [0.3, 0.4) is 0 Å². The number of hydrogen-bond donors (Lipinski definition) is 2. The Kier molecular flexibility index (Phi) is 3.78. The number of carbonyl (C=O) groups is 1. The second kappa shape index (κ2) is 4.87. The standard InChI is InChI=1S/C9H7Cl2N3O/c10-6-3-5(4-7(11)9(6)13)14-8(15)1-2-12/h3-4H,1,13H2,(H,14,15). The zero-order valence-corrected chi connectivity index (χ0v) is 9.06. The van der Waals surface area contributed by atoms with Crippen LogP contribution in [0.2, 0.25) is 10.0 Å². The normalized spacial score (nSPS) is 9.40. The number of nitriles is 1. The first-order valence-electron chi connectivity index (χ1n) is 3.96. The highest BCUT2D eigenvalue weighted by atomic mass is 35.5. The number of nitrogens with zero attached hydrogens (tertiary/aromatic N) is 1. The van der Waals surface area contributed by atoms with Crippen molar-refractivity contribution in [2.24, 2.45) is 0 Å². The van der Waals surface area contributed by atoms with Crippen LogP contribution >= 0.6 is 23.2 Å². The molecular weight excluding hydrogens is 237 g/mol. The van der Waals surface area contributed by atoms with Gasteiger partial charge in [0.05, 0.1) is 21.8 Å². The Balaban J connectivity index is 2.89. The van der Waals surface area contributed by atoms with Crippen LogP contribution in [0, 0.1) is 11.3 Å². The number of nitrogens with one attached hydrogen (secondary N) is 1. The van der Waals surface area contributed by atoms with Gasteiger partial charge in [-0.25, -0.2) is 0 Å². The zero-order valence-electron chi connectivity index (χ0n) is 7.55. The summed E-state index contributed by atoms with van der Waals surface area (Å²) in [6, 6.07) is 4.67. The first kappa shape index (κ1) is 11.6. The number of carbonyl (C=O) groups excluding carboxylic acids is 1. The summed E-state index contributed by atoms with van der Waals surface area (Å²) in [4.78, 5) is 11.1. The van der Waals surface area contributed by atoms with Crippen molar-refractivity contribution in [2.45, 2.75) is 6.42 Å². The summed E-state index contributed by atoms with van der Waals surface area (Å²) in [5, 5.41) is 11.3. The lowest BCUT2D eigenvalue weighted by molar-refractivity contribution is -0.115. The molecule has 1 rings (SSSR count). The molecule has 0 bridgehead atoms. The largest absolute Gasteiger partial charge is 0.396 e. The Bertz CT molecular complexity index is 416. The van der Waals surface area contributed by atoms with Crippen molar-refractivity contribution in [2.75, 3.05) is 11.1 Å². The third kappa shape index (κ3) is 3.01. The monoisotopic (exact) mass is 243 g/mol. The molecule has 0 radical (unpaired) electrons. The highest BCUT2D eigenvalue weighted by Crippen LogP contribution is 2.31. The Morgan fingerprint density at radius 2 is 2.00 bits per heavy atom. The van der Waals surface area contributed by atoms with Crippen LogP contribution in [0.25, 0.3) is 0 Å². The van der Waals surface area contributed by atoms with Crippen molar-refractivity contribution in [1.29, 1.82) is 5.26 Å². The average molecular weight is 244 g/mol. The van der Waals surface area contributed by atoms with E-state index in [-0.39, 0.29) is 22.2 Å². The number of nitrogen functional groups attached to an aromatic ring is 1. The topological polar surface area (TPSA) is 78.9 Å². The van der Waals surface area contributed by atoms with E-state index in [1.54, 1.807) is 6.07 Å². The summed E-state index contributed by atoms with van der Waals surface area (Å²) in [5.74, 6) is -0.422. The van der Waals surface area contributed by atoms with Gasteiger partial charge in [0.1, 0.15) is 6.42 Å². The first-order valence-corrected chi connectivity index (χ1v) is 4.71. The molecule has 0 fully saturated rings. The van der Waals surface area contributed by atoms with Crippen molar-refractivity contribution >= 4 is 40.5 Å². The maximum atomic E-state index is 11.1. The van der Waals surface area contributed by atoms with Gasteiger partial charge >= 0.3 is 0 Å². The lowest BCUT2D eigenvalue weighted by atomic mass is 10.2. The Labute approximate surface area is 96.6 Å². The maximum absolute atomic E-state index is 11.1. The van der Waals surface area contributed by atoms with Gasteiger partial charge in [-0.1, -0.05) is 23.2 Å². The van der Waals surface area contributed by atoms with Crippen LogP contribution < -0.4 is 11.1 Å². The molecule has 78 valence electrons. The van der Waals surface area contributed by atoms with E-state index in [1.807, 2.05) is 0 Å². The van der Waals surface area contributed by atoms with Gasteiger partial charge in [-0.05, 0) is 12.1 Å². The van der Waals surface area contributed by atoms with E-state index in [9.17, 15) is 4.79 Å². The molecule has 0 heterocycles. The van der Waals surface area contributed by atoms with E-state index in [0.717, 1.165) is 0 Å². The van der Waals surface area contributed by atoms with Crippen molar-refractivity contribution < 1.29 is 4.79 Å². The van der Waals surface area contributed by atoms with E-state index in [4.69, 9.17) is 34.2 Å². The van der Waals surface area contributed by atoms with Gasteiger partial charge in [0.15, 0.2) is 0 Å². The van der Waals surface area contributed by atoms with Crippen molar-refractivity contribution in [3.63, 3.8) is 0 Å². The average Bonchev–Trinajstić information content (AvgIpc) is 2.14. The molecule has 0 aliphatic carbocycles. The van der Waals surface area contributed by atoms with Gasteiger partial charge in [-0.2, -0.15) is 5.26 Å². The third-order valence-electron chi connectivity index (χ3n) is 1.60. The number of benzene rings is 1. The molecule has 15 heavy (non-hydrogen) atoms. The van der Waals surface area contributed by atoms with Crippen molar-refractivity contribution in [3.05, 3.63) is 22.2 Å². The van der Waals surface area contributed by atoms with E-state index in [2.05, 4.69) is 5.32 Å². The van der Waals surface area contributed by atoms with Gasteiger partial charge in [-0.3, -0.25) is 4.79 Å². The molecule has 6 heteroatoms. The molecule has 0 aromatic heterocycles. The molecule has 3 N–H and O–H groups in total. The maximum Gasteiger partial charge on any atom is 0.238 e. The minimum Gasteiger partial charge on any atom is -0.396 e. The fourth-order valence-electron chi connectivity index (χ4n) is 0.933. The van der Waals surface area contributed by atoms with Gasteiger partial charge in [0.25, 0.3) is 0 Å². The van der Waals surface area contributed by atoms with Crippen LogP contribution in [0.1, 0.15) is 6.42 Å². The highest BCUT2D eigenvalue weighted by molar-refractivity contribution is 6.39. The smallest absolute Gasteiger partial charge is 0.238 e. The van der Waals surface area contributed by atoms with Crippen LogP contribution in [0.15, 0.2) is 12.1 Å². The van der Waals surface area contributed by atoms with Crippen molar-refractivity contribution in [1.82, 2.24) is 0 Å². The molecule has 0 aliphatic rings. The second-order valence-corrected chi connectivity index (χ2v) is 3.55. The fourth-order valence-corrected chi connectivity index (χ4v) is 1.42. The lowest BCUT2D eigenvalue weighted by Crippen LogP contribution is -2.10.